The summed E-state index contributed by atoms with van der Waals surface area (Å²) in [6.07, 6.45) is 1.99. The summed E-state index contributed by atoms with van der Waals surface area (Å²) in [5, 5.41) is -0.333. The fourth-order valence-corrected chi connectivity index (χ4v) is 2.83. The highest BCUT2D eigenvalue weighted by Gasteiger charge is 2.38. The van der Waals surface area contributed by atoms with Gasteiger partial charge < -0.3 is 4.74 Å². The SMILES string of the molecule is COCCN(C1CC1)S(=O)(=O)C(C)C. The first kappa shape index (κ1) is 11.9. The molecule has 0 atom stereocenters. The number of hydrogen-bond acceptors (Lipinski definition) is 3. The number of ether oxygens (including phenoxy) is 1. The molecule has 0 bridgehead atoms. The Hall–Kier alpha value is -0.130. The molecule has 0 spiro atoms. The van der Waals surface area contributed by atoms with E-state index in [1.54, 1.807) is 25.3 Å². The Bertz CT molecular complexity index is 270. The zero-order valence-electron chi connectivity index (χ0n) is 9.06. The van der Waals surface area contributed by atoms with E-state index < -0.39 is 10.0 Å². The first-order valence-electron chi connectivity index (χ1n) is 4.99. The monoisotopic (exact) mass is 221 g/mol. The highest BCUT2D eigenvalue weighted by atomic mass is 32.2. The smallest absolute Gasteiger partial charge is 0.216 e. The molecule has 1 aliphatic rings. The zero-order chi connectivity index (χ0) is 10.8. The number of rotatable bonds is 6. The van der Waals surface area contributed by atoms with Crippen molar-refractivity contribution in [2.24, 2.45) is 0 Å². The van der Waals surface area contributed by atoms with Crippen LogP contribution >= 0.6 is 0 Å². The lowest BCUT2D eigenvalue weighted by molar-refractivity contribution is 0.177. The molecule has 0 heterocycles. The molecule has 1 rings (SSSR count). The molecule has 0 aromatic rings. The molecule has 4 nitrogen and oxygen atoms in total. The van der Waals surface area contributed by atoms with Gasteiger partial charge in [-0.1, -0.05) is 0 Å². The van der Waals surface area contributed by atoms with Gasteiger partial charge >= 0.3 is 0 Å². The van der Waals surface area contributed by atoms with Crippen molar-refractivity contribution in [2.75, 3.05) is 20.3 Å². The Kier molecular flexibility index (Phi) is 3.92. The van der Waals surface area contributed by atoms with Gasteiger partial charge in [-0.3, -0.25) is 0 Å². The summed E-state index contributed by atoms with van der Waals surface area (Å²) in [5.74, 6) is 0. The maximum absolute atomic E-state index is 11.9. The fraction of sp³-hybridized carbons (Fsp3) is 1.00. The van der Waals surface area contributed by atoms with E-state index in [1.807, 2.05) is 0 Å². The van der Waals surface area contributed by atoms with E-state index in [4.69, 9.17) is 4.74 Å². The van der Waals surface area contributed by atoms with Gasteiger partial charge in [0.05, 0.1) is 11.9 Å². The van der Waals surface area contributed by atoms with Gasteiger partial charge in [-0.05, 0) is 26.7 Å². The van der Waals surface area contributed by atoms with Crippen LogP contribution in [-0.4, -0.2) is 44.3 Å². The summed E-state index contributed by atoms with van der Waals surface area (Å²) in [6, 6.07) is 0.234. The second-order valence-corrected chi connectivity index (χ2v) is 6.37. The van der Waals surface area contributed by atoms with Gasteiger partial charge in [-0.2, -0.15) is 4.31 Å². The molecule has 5 heteroatoms. The van der Waals surface area contributed by atoms with E-state index in [0.717, 1.165) is 12.8 Å². The van der Waals surface area contributed by atoms with Crippen molar-refractivity contribution in [2.45, 2.75) is 38.0 Å². The molecule has 84 valence electrons. The van der Waals surface area contributed by atoms with Crippen molar-refractivity contribution < 1.29 is 13.2 Å². The molecule has 1 saturated carbocycles. The van der Waals surface area contributed by atoms with E-state index >= 15 is 0 Å². The Morgan fingerprint density at radius 2 is 2.00 bits per heavy atom. The van der Waals surface area contributed by atoms with Crippen LogP contribution in [0.15, 0.2) is 0 Å². The van der Waals surface area contributed by atoms with Crippen LogP contribution in [0.5, 0.6) is 0 Å². The van der Waals surface area contributed by atoms with E-state index in [2.05, 4.69) is 0 Å². The van der Waals surface area contributed by atoms with Gasteiger partial charge in [-0.15, -0.1) is 0 Å². The van der Waals surface area contributed by atoms with E-state index in [-0.39, 0.29) is 11.3 Å². The average Bonchev–Trinajstić information content (AvgIpc) is 2.88. The largest absolute Gasteiger partial charge is 0.383 e. The molecule has 0 aliphatic heterocycles. The number of methoxy groups -OCH3 is 1. The quantitative estimate of drug-likeness (QED) is 0.667. The van der Waals surface area contributed by atoms with Crippen molar-refractivity contribution in [1.82, 2.24) is 4.31 Å². The minimum atomic E-state index is -3.09. The lowest BCUT2D eigenvalue weighted by Gasteiger charge is -2.23. The van der Waals surface area contributed by atoms with Gasteiger partial charge in [-0.25, -0.2) is 8.42 Å². The molecule has 1 aliphatic carbocycles. The summed E-state index contributed by atoms with van der Waals surface area (Å²) < 4.78 is 30.3. The molecule has 0 saturated heterocycles. The van der Waals surface area contributed by atoms with Crippen LogP contribution in [-0.2, 0) is 14.8 Å². The summed E-state index contributed by atoms with van der Waals surface area (Å²) in [5.41, 5.74) is 0. The third-order valence-corrected chi connectivity index (χ3v) is 4.72. The first-order chi connectivity index (χ1) is 6.50. The molecular weight excluding hydrogens is 202 g/mol. The summed E-state index contributed by atoms with van der Waals surface area (Å²) in [6.45, 7) is 4.40. The minimum absolute atomic E-state index is 0.234. The van der Waals surface area contributed by atoms with E-state index in [1.165, 1.54) is 0 Å². The number of hydrogen-bond donors (Lipinski definition) is 0. The fourth-order valence-electron chi connectivity index (χ4n) is 1.33. The van der Waals surface area contributed by atoms with Gasteiger partial charge in [0.15, 0.2) is 0 Å². The molecule has 0 aromatic carbocycles. The zero-order valence-corrected chi connectivity index (χ0v) is 9.88. The maximum atomic E-state index is 11.9. The van der Waals surface area contributed by atoms with Crippen molar-refractivity contribution in [1.29, 1.82) is 0 Å². The molecule has 0 N–H and O–H groups in total. The molecule has 14 heavy (non-hydrogen) atoms. The van der Waals surface area contributed by atoms with Crippen LogP contribution in [0.3, 0.4) is 0 Å². The highest BCUT2D eigenvalue weighted by Crippen LogP contribution is 2.30. The topological polar surface area (TPSA) is 46.6 Å². The second-order valence-electron chi connectivity index (χ2n) is 3.93. The molecular formula is C9H19NO3S. The molecule has 1 fully saturated rings. The van der Waals surface area contributed by atoms with E-state index in [0.29, 0.717) is 13.2 Å². The van der Waals surface area contributed by atoms with Gasteiger partial charge in [0, 0.05) is 19.7 Å². The van der Waals surface area contributed by atoms with Crippen LogP contribution < -0.4 is 0 Å². The summed E-state index contributed by atoms with van der Waals surface area (Å²) in [7, 11) is -1.50. The average molecular weight is 221 g/mol. The predicted molar refractivity (Wildman–Crippen MR) is 55.7 cm³/mol. The second kappa shape index (κ2) is 4.59. The molecule has 0 unspecified atom stereocenters. The lowest BCUT2D eigenvalue weighted by atomic mass is 10.6. The Morgan fingerprint density at radius 1 is 1.43 bits per heavy atom. The van der Waals surface area contributed by atoms with Crippen LogP contribution in [0.4, 0.5) is 0 Å². The molecule has 0 radical (unpaired) electrons. The van der Waals surface area contributed by atoms with Crippen LogP contribution in [0, 0.1) is 0 Å². The lowest BCUT2D eigenvalue weighted by Crippen LogP contribution is -2.40. The third kappa shape index (κ3) is 2.68. The van der Waals surface area contributed by atoms with Gasteiger partial charge in [0.1, 0.15) is 0 Å². The third-order valence-electron chi connectivity index (χ3n) is 2.39. The number of nitrogens with zero attached hydrogens (tertiary/aromatic N) is 1. The van der Waals surface area contributed by atoms with Gasteiger partial charge in [0.2, 0.25) is 10.0 Å². The van der Waals surface area contributed by atoms with Gasteiger partial charge in [0.25, 0.3) is 0 Å². The van der Waals surface area contributed by atoms with Crippen LogP contribution in [0.2, 0.25) is 0 Å². The van der Waals surface area contributed by atoms with Crippen LogP contribution in [0.25, 0.3) is 0 Å². The van der Waals surface area contributed by atoms with Crippen molar-refractivity contribution in [3.05, 3.63) is 0 Å². The number of sulfonamides is 1. The summed E-state index contributed by atoms with van der Waals surface area (Å²) in [4.78, 5) is 0. The predicted octanol–water partition coefficient (Wildman–Crippen LogP) is 0.835. The van der Waals surface area contributed by atoms with Crippen molar-refractivity contribution >= 4 is 10.0 Å². The standard InChI is InChI=1S/C9H19NO3S/c1-8(2)14(11,12)10(6-7-13-3)9-4-5-9/h8-9H,4-7H2,1-3H3. The Morgan fingerprint density at radius 3 is 2.36 bits per heavy atom. The normalized spacial score (nSPS) is 18.1. The maximum Gasteiger partial charge on any atom is 0.216 e. The summed E-state index contributed by atoms with van der Waals surface area (Å²) >= 11 is 0. The van der Waals surface area contributed by atoms with Crippen molar-refractivity contribution in [3.8, 4) is 0 Å². The Labute approximate surface area is 86.3 Å². The first-order valence-corrected chi connectivity index (χ1v) is 6.50. The van der Waals surface area contributed by atoms with Crippen LogP contribution in [0.1, 0.15) is 26.7 Å². The van der Waals surface area contributed by atoms with Crippen molar-refractivity contribution in [3.63, 3.8) is 0 Å². The molecule has 0 amide bonds. The Balaban J connectivity index is 2.66. The minimum Gasteiger partial charge on any atom is -0.383 e. The van der Waals surface area contributed by atoms with E-state index in [9.17, 15) is 8.42 Å². The molecule has 0 aromatic heterocycles. The highest BCUT2D eigenvalue weighted by molar-refractivity contribution is 7.89.